The van der Waals surface area contributed by atoms with Crippen molar-refractivity contribution in [1.82, 2.24) is 14.7 Å². The summed E-state index contributed by atoms with van der Waals surface area (Å²) in [6.07, 6.45) is 3.26. The third kappa shape index (κ3) is 5.16. The summed E-state index contributed by atoms with van der Waals surface area (Å²) in [5.74, 6) is -0.897. The number of nitrogens with one attached hydrogen (secondary N) is 2. The van der Waals surface area contributed by atoms with E-state index in [4.69, 9.17) is 0 Å². The molecule has 0 aliphatic heterocycles. The Morgan fingerprint density at radius 3 is 2.67 bits per heavy atom. The molecule has 1 aromatic carbocycles. The number of benzene rings is 1. The van der Waals surface area contributed by atoms with Crippen LogP contribution in [-0.2, 0) is 14.8 Å². The third-order valence-electron chi connectivity index (χ3n) is 3.48. The molecule has 0 saturated heterocycles. The van der Waals surface area contributed by atoms with Gasteiger partial charge >= 0.3 is 0 Å². The van der Waals surface area contributed by atoms with Gasteiger partial charge < -0.3 is 5.32 Å². The Morgan fingerprint density at radius 1 is 1.19 bits per heavy atom. The van der Waals surface area contributed by atoms with Gasteiger partial charge in [0.15, 0.2) is 5.13 Å². The standard InChI is InChI=1S/C17H15FN4O3S2/c18-13-3-5-14(6-4-13)27(24,25)20-9-7-16(23)22-17-21-15(11-26-17)12-2-1-8-19-10-12/h1-6,8,10-11,20H,7,9H2,(H,21,22,23). The van der Waals surface area contributed by atoms with E-state index in [1.807, 2.05) is 6.07 Å². The molecule has 3 rings (SSSR count). The zero-order chi connectivity index (χ0) is 19.3. The lowest BCUT2D eigenvalue weighted by atomic mass is 10.2. The van der Waals surface area contributed by atoms with Crippen molar-refractivity contribution in [3.05, 3.63) is 60.0 Å². The molecule has 2 aromatic heterocycles. The van der Waals surface area contributed by atoms with Crippen LogP contribution in [0.15, 0.2) is 59.1 Å². The van der Waals surface area contributed by atoms with Gasteiger partial charge in [0.05, 0.1) is 10.6 Å². The number of hydrogen-bond acceptors (Lipinski definition) is 6. The zero-order valence-electron chi connectivity index (χ0n) is 13.9. The largest absolute Gasteiger partial charge is 0.302 e. The minimum atomic E-state index is -3.79. The summed E-state index contributed by atoms with van der Waals surface area (Å²) < 4.78 is 39.3. The number of pyridine rings is 1. The second kappa shape index (κ2) is 8.33. The highest BCUT2D eigenvalue weighted by Crippen LogP contribution is 2.24. The minimum absolute atomic E-state index is 0.0645. The van der Waals surface area contributed by atoms with Crippen molar-refractivity contribution in [2.24, 2.45) is 0 Å². The van der Waals surface area contributed by atoms with Crippen LogP contribution in [0.3, 0.4) is 0 Å². The van der Waals surface area contributed by atoms with Gasteiger partial charge in [0.1, 0.15) is 5.82 Å². The summed E-state index contributed by atoms with van der Waals surface area (Å²) in [6, 6.07) is 8.09. The van der Waals surface area contributed by atoms with Crippen molar-refractivity contribution in [2.45, 2.75) is 11.3 Å². The van der Waals surface area contributed by atoms with Gasteiger partial charge in [-0.25, -0.2) is 22.5 Å². The molecule has 140 valence electrons. The molecule has 7 nitrogen and oxygen atoms in total. The Balaban J connectivity index is 1.51. The number of carbonyl (C=O) groups excluding carboxylic acids is 1. The lowest BCUT2D eigenvalue weighted by Gasteiger charge is -2.06. The average Bonchev–Trinajstić information content (AvgIpc) is 3.11. The number of thiazole rings is 1. The first kappa shape index (κ1) is 19.1. The Bertz CT molecular complexity index is 1020. The van der Waals surface area contributed by atoms with E-state index in [9.17, 15) is 17.6 Å². The van der Waals surface area contributed by atoms with Gasteiger partial charge in [0, 0.05) is 36.3 Å². The molecular weight excluding hydrogens is 391 g/mol. The van der Waals surface area contributed by atoms with Gasteiger partial charge in [-0.15, -0.1) is 11.3 Å². The number of anilines is 1. The van der Waals surface area contributed by atoms with Crippen LogP contribution >= 0.6 is 11.3 Å². The van der Waals surface area contributed by atoms with E-state index in [2.05, 4.69) is 20.0 Å². The maximum Gasteiger partial charge on any atom is 0.240 e. The van der Waals surface area contributed by atoms with Crippen LogP contribution in [0.2, 0.25) is 0 Å². The molecule has 3 aromatic rings. The summed E-state index contributed by atoms with van der Waals surface area (Å²) in [6.45, 7) is -0.0909. The van der Waals surface area contributed by atoms with Gasteiger partial charge in [0.25, 0.3) is 0 Å². The molecule has 10 heteroatoms. The molecule has 27 heavy (non-hydrogen) atoms. The van der Waals surface area contributed by atoms with Crippen molar-refractivity contribution in [3.63, 3.8) is 0 Å². The monoisotopic (exact) mass is 406 g/mol. The lowest BCUT2D eigenvalue weighted by Crippen LogP contribution is -2.27. The fourth-order valence-electron chi connectivity index (χ4n) is 2.16. The fourth-order valence-corrected chi connectivity index (χ4v) is 3.92. The van der Waals surface area contributed by atoms with Crippen LogP contribution in [0, 0.1) is 5.82 Å². The van der Waals surface area contributed by atoms with Crippen LogP contribution in [0.4, 0.5) is 9.52 Å². The van der Waals surface area contributed by atoms with Crippen molar-refractivity contribution in [3.8, 4) is 11.3 Å². The zero-order valence-corrected chi connectivity index (χ0v) is 15.6. The molecule has 2 N–H and O–H groups in total. The van der Waals surface area contributed by atoms with Crippen LogP contribution < -0.4 is 10.0 Å². The number of carbonyl (C=O) groups is 1. The number of amides is 1. The maximum atomic E-state index is 12.9. The number of sulfonamides is 1. The third-order valence-corrected chi connectivity index (χ3v) is 5.71. The first-order valence-electron chi connectivity index (χ1n) is 7.85. The maximum absolute atomic E-state index is 12.9. The molecule has 0 atom stereocenters. The summed E-state index contributed by atoms with van der Waals surface area (Å²) in [4.78, 5) is 20.2. The van der Waals surface area contributed by atoms with Gasteiger partial charge in [-0.05, 0) is 36.4 Å². The highest BCUT2D eigenvalue weighted by molar-refractivity contribution is 7.89. The quantitative estimate of drug-likeness (QED) is 0.628. The SMILES string of the molecule is O=C(CCNS(=O)(=O)c1ccc(F)cc1)Nc1nc(-c2cccnc2)cs1. The van der Waals surface area contributed by atoms with Crippen molar-refractivity contribution >= 4 is 32.4 Å². The summed E-state index contributed by atoms with van der Waals surface area (Å²) in [7, 11) is -3.79. The first-order valence-corrected chi connectivity index (χ1v) is 10.2. The second-order valence-electron chi connectivity index (χ2n) is 5.43. The van der Waals surface area contributed by atoms with E-state index in [0.717, 1.165) is 29.8 Å². The van der Waals surface area contributed by atoms with Crippen molar-refractivity contribution in [2.75, 3.05) is 11.9 Å². The number of rotatable bonds is 7. The van der Waals surface area contributed by atoms with E-state index < -0.39 is 15.8 Å². The van der Waals surface area contributed by atoms with Gasteiger partial charge in [0.2, 0.25) is 15.9 Å². The topological polar surface area (TPSA) is 101 Å². The number of nitrogens with zero attached hydrogens (tertiary/aromatic N) is 2. The fraction of sp³-hybridized carbons (Fsp3) is 0.118. The second-order valence-corrected chi connectivity index (χ2v) is 8.05. The predicted octanol–water partition coefficient (Wildman–Crippen LogP) is 2.65. The summed E-state index contributed by atoms with van der Waals surface area (Å²) in [5.41, 5.74) is 1.53. The van der Waals surface area contributed by atoms with Gasteiger partial charge in [-0.2, -0.15) is 0 Å². The van der Waals surface area contributed by atoms with E-state index in [1.165, 1.54) is 11.3 Å². The highest BCUT2D eigenvalue weighted by atomic mass is 32.2. The van der Waals surface area contributed by atoms with Crippen molar-refractivity contribution in [1.29, 1.82) is 0 Å². The molecule has 1 amide bonds. The molecule has 0 saturated carbocycles. The van der Waals surface area contributed by atoms with Gasteiger partial charge in [-0.1, -0.05) is 0 Å². The predicted molar refractivity (Wildman–Crippen MR) is 100 cm³/mol. The number of halogens is 1. The molecule has 2 heterocycles. The highest BCUT2D eigenvalue weighted by Gasteiger charge is 2.15. The molecule has 0 aliphatic rings. The molecule has 0 unspecified atom stereocenters. The first-order chi connectivity index (χ1) is 12.9. The van der Waals surface area contributed by atoms with E-state index >= 15 is 0 Å². The Labute approximate surface area is 159 Å². The van der Waals surface area contributed by atoms with E-state index in [1.54, 1.807) is 23.8 Å². The summed E-state index contributed by atoms with van der Waals surface area (Å²) in [5, 5.41) is 4.84. The van der Waals surface area contributed by atoms with Crippen LogP contribution in [0.1, 0.15) is 6.42 Å². The van der Waals surface area contributed by atoms with Crippen LogP contribution in [0.25, 0.3) is 11.3 Å². The Hall–Kier alpha value is -2.69. The minimum Gasteiger partial charge on any atom is -0.302 e. The van der Waals surface area contributed by atoms with Crippen LogP contribution in [-0.4, -0.2) is 30.8 Å². The molecule has 0 radical (unpaired) electrons. The van der Waals surface area contributed by atoms with E-state index in [0.29, 0.717) is 10.8 Å². The Morgan fingerprint density at radius 2 is 1.96 bits per heavy atom. The Kier molecular flexibility index (Phi) is 5.89. The average molecular weight is 406 g/mol. The van der Waals surface area contributed by atoms with Gasteiger partial charge in [-0.3, -0.25) is 9.78 Å². The molecule has 0 bridgehead atoms. The number of hydrogen-bond donors (Lipinski definition) is 2. The normalized spacial score (nSPS) is 11.3. The van der Waals surface area contributed by atoms with Crippen molar-refractivity contribution < 1.29 is 17.6 Å². The molecular formula is C17H15FN4O3S2. The molecule has 0 fully saturated rings. The number of aromatic nitrogens is 2. The lowest BCUT2D eigenvalue weighted by molar-refractivity contribution is -0.116. The molecule has 0 spiro atoms. The van der Waals surface area contributed by atoms with E-state index in [-0.39, 0.29) is 23.8 Å². The van der Waals surface area contributed by atoms with Crippen LogP contribution in [0.5, 0.6) is 0 Å². The smallest absolute Gasteiger partial charge is 0.240 e. The molecule has 0 aliphatic carbocycles. The summed E-state index contributed by atoms with van der Waals surface area (Å²) >= 11 is 1.26.